The fraction of sp³-hybridized carbons (Fsp3) is 0.700. The van der Waals surface area contributed by atoms with Crippen molar-refractivity contribution in [1.82, 2.24) is 9.88 Å². The van der Waals surface area contributed by atoms with E-state index in [1.54, 1.807) is 11.3 Å². The van der Waals surface area contributed by atoms with Gasteiger partial charge in [-0.15, -0.1) is 11.3 Å². The second-order valence-corrected chi connectivity index (χ2v) is 5.62. The Morgan fingerprint density at radius 3 is 3.00 bits per heavy atom. The summed E-state index contributed by atoms with van der Waals surface area (Å²) >= 11 is 1.74. The van der Waals surface area contributed by atoms with Gasteiger partial charge >= 0.3 is 0 Å². The summed E-state index contributed by atoms with van der Waals surface area (Å²) in [7, 11) is 0. The highest BCUT2D eigenvalue weighted by Crippen LogP contribution is 2.23. The van der Waals surface area contributed by atoms with Crippen LogP contribution in [0.15, 0.2) is 6.20 Å². The smallest absolute Gasteiger partial charge is 0.0897 e. The lowest BCUT2D eigenvalue weighted by Gasteiger charge is -2.17. The van der Waals surface area contributed by atoms with Gasteiger partial charge in [0.05, 0.1) is 10.6 Å². The van der Waals surface area contributed by atoms with Crippen molar-refractivity contribution in [2.75, 3.05) is 13.1 Å². The number of β-amino-alcohol motifs (C(OH)–C–C–N with tert-alkyl or cyclic N) is 1. The molecule has 1 aromatic heterocycles. The Hall–Kier alpha value is -0.450. The van der Waals surface area contributed by atoms with E-state index in [2.05, 4.69) is 9.88 Å². The van der Waals surface area contributed by atoms with Crippen LogP contribution in [0.3, 0.4) is 0 Å². The number of rotatable bonds is 2. The fourth-order valence-corrected chi connectivity index (χ4v) is 2.71. The average molecular weight is 212 g/mol. The highest BCUT2D eigenvalue weighted by molar-refractivity contribution is 7.11. The maximum atomic E-state index is 9.79. The van der Waals surface area contributed by atoms with Crippen molar-refractivity contribution in [3.63, 3.8) is 0 Å². The predicted octanol–water partition coefficient (Wildman–Crippen LogP) is 1.41. The van der Waals surface area contributed by atoms with Crippen LogP contribution in [0.25, 0.3) is 0 Å². The number of thiazole rings is 1. The lowest BCUT2D eigenvalue weighted by atomic mass is 10.1. The molecule has 1 aromatic rings. The summed E-state index contributed by atoms with van der Waals surface area (Å²) in [5, 5.41) is 10.9. The monoisotopic (exact) mass is 212 g/mol. The standard InChI is InChI=1S/C10H16N2OS/c1-8-11-5-9(14-8)6-12-4-3-10(2,13)7-12/h5,13H,3-4,6-7H2,1-2H3. The third-order valence-electron chi connectivity index (χ3n) is 2.58. The van der Waals surface area contributed by atoms with Gasteiger partial charge in [-0.3, -0.25) is 4.90 Å². The summed E-state index contributed by atoms with van der Waals surface area (Å²) in [5.74, 6) is 0. The highest BCUT2D eigenvalue weighted by Gasteiger charge is 2.31. The molecule has 0 aliphatic carbocycles. The molecule has 1 unspecified atom stereocenters. The topological polar surface area (TPSA) is 36.4 Å². The van der Waals surface area contributed by atoms with Crippen LogP contribution in [0.2, 0.25) is 0 Å². The molecule has 78 valence electrons. The summed E-state index contributed by atoms with van der Waals surface area (Å²) in [5.41, 5.74) is -0.486. The Bertz CT molecular complexity index is 322. The van der Waals surface area contributed by atoms with E-state index in [1.165, 1.54) is 4.88 Å². The van der Waals surface area contributed by atoms with Crippen LogP contribution in [-0.4, -0.2) is 33.7 Å². The lowest BCUT2D eigenvalue weighted by molar-refractivity contribution is 0.0680. The van der Waals surface area contributed by atoms with Crippen LogP contribution in [0, 0.1) is 6.92 Å². The van der Waals surface area contributed by atoms with E-state index in [4.69, 9.17) is 0 Å². The molecule has 0 bridgehead atoms. The first-order valence-corrected chi connectivity index (χ1v) is 5.73. The van der Waals surface area contributed by atoms with E-state index in [0.717, 1.165) is 31.1 Å². The molecule has 2 rings (SSSR count). The zero-order valence-electron chi connectivity index (χ0n) is 8.66. The Morgan fingerprint density at radius 2 is 2.50 bits per heavy atom. The molecular weight excluding hydrogens is 196 g/mol. The predicted molar refractivity (Wildman–Crippen MR) is 57.4 cm³/mol. The van der Waals surface area contributed by atoms with Crippen molar-refractivity contribution in [3.05, 3.63) is 16.1 Å². The molecular formula is C10H16N2OS. The van der Waals surface area contributed by atoms with E-state index in [9.17, 15) is 5.11 Å². The van der Waals surface area contributed by atoms with E-state index < -0.39 is 5.60 Å². The van der Waals surface area contributed by atoms with Gasteiger partial charge in [0.1, 0.15) is 0 Å². The second kappa shape index (κ2) is 3.61. The van der Waals surface area contributed by atoms with Crippen LogP contribution in [0.4, 0.5) is 0 Å². The third-order valence-corrected chi connectivity index (χ3v) is 3.48. The first-order chi connectivity index (χ1) is 6.55. The first kappa shape index (κ1) is 10.1. The summed E-state index contributed by atoms with van der Waals surface area (Å²) < 4.78 is 0. The van der Waals surface area contributed by atoms with Crippen LogP contribution in [0.1, 0.15) is 23.2 Å². The van der Waals surface area contributed by atoms with Crippen molar-refractivity contribution in [1.29, 1.82) is 0 Å². The summed E-state index contributed by atoms with van der Waals surface area (Å²) in [6.07, 6.45) is 2.82. The lowest BCUT2D eigenvalue weighted by Crippen LogP contribution is -2.29. The molecule has 1 saturated heterocycles. The maximum absolute atomic E-state index is 9.79. The molecule has 0 radical (unpaired) electrons. The van der Waals surface area contributed by atoms with Crippen LogP contribution >= 0.6 is 11.3 Å². The minimum absolute atomic E-state index is 0.486. The number of aromatic nitrogens is 1. The first-order valence-electron chi connectivity index (χ1n) is 4.91. The molecule has 3 nitrogen and oxygen atoms in total. The maximum Gasteiger partial charge on any atom is 0.0897 e. The molecule has 2 heterocycles. The minimum atomic E-state index is -0.486. The number of aryl methyl sites for hydroxylation is 1. The van der Waals surface area contributed by atoms with Gasteiger partial charge in [-0.05, 0) is 20.3 Å². The number of aliphatic hydroxyl groups is 1. The van der Waals surface area contributed by atoms with E-state index in [1.807, 2.05) is 20.0 Å². The second-order valence-electron chi connectivity index (χ2n) is 4.30. The van der Waals surface area contributed by atoms with E-state index in [0.29, 0.717) is 0 Å². The molecule has 4 heteroatoms. The highest BCUT2D eigenvalue weighted by atomic mass is 32.1. The van der Waals surface area contributed by atoms with Gasteiger partial charge in [0.25, 0.3) is 0 Å². The summed E-state index contributed by atoms with van der Waals surface area (Å²) in [6.45, 7) is 6.63. The molecule has 0 spiro atoms. The molecule has 1 N–H and O–H groups in total. The Morgan fingerprint density at radius 1 is 1.71 bits per heavy atom. The molecule has 1 aliphatic heterocycles. The molecule has 1 fully saturated rings. The van der Waals surface area contributed by atoms with Gasteiger partial charge in [-0.25, -0.2) is 4.98 Å². The van der Waals surface area contributed by atoms with Gasteiger partial charge in [0.2, 0.25) is 0 Å². The van der Waals surface area contributed by atoms with E-state index >= 15 is 0 Å². The molecule has 14 heavy (non-hydrogen) atoms. The number of nitrogens with zero attached hydrogens (tertiary/aromatic N) is 2. The summed E-state index contributed by atoms with van der Waals surface area (Å²) in [4.78, 5) is 7.80. The Kier molecular flexibility index (Phi) is 2.60. The number of hydrogen-bond acceptors (Lipinski definition) is 4. The van der Waals surface area contributed by atoms with Gasteiger partial charge in [0, 0.05) is 30.7 Å². The molecule has 1 atom stereocenters. The molecule has 0 saturated carbocycles. The van der Waals surface area contributed by atoms with Crippen molar-refractivity contribution >= 4 is 11.3 Å². The normalized spacial score (nSPS) is 28.5. The van der Waals surface area contributed by atoms with Crippen LogP contribution in [-0.2, 0) is 6.54 Å². The zero-order chi connectivity index (χ0) is 10.2. The zero-order valence-corrected chi connectivity index (χ0v) is 9.47. The van der Waals surface area contributed by atoms with Crippen molar-refractivity contribution in [2.24, 2.45) is 0 Å². The van der Waals surface area contributed by atoms with Crippen molar-refractivity contribution < 1.29 is 5.11 Å². The summed E-state index contributed by atoms with van der Waals surface area (Å²) in [6, 6.07) is 0. The van der Waals surface area contributed by atoms with Gasteiger partial charge < -0.3 is 5.11 Å². The minimum Gasteiger partial charge on any atom is -0.389 e. The van der Waals surface area contributed by atoms with Crippen LogP contribution in [0.5, 0.6) is 0 Å². The number of hydrogen-bond donors (Lipinski definition) is 1. The van der Waals surface area contributed by atoms with Gasteiger partial charge in [-0.1, -0.05) is 0 Å². The molecule has 0 aromatic carbocycles. The third kappa shape index (κ3) is 2.32. The largest absolute Gasteiger partial charge is 0.389 e. The number of likely N-dealkylation sites (tertiary alicyclic amines) is 1. The van der Waals surface area contributed by atoms with E-state index in [-0.39, 0.29) is 0 Å². The average Bonchev–Trinajstić information content (AvgIpc) is 2.59. The molecule has 1 aliphatic rings. The fourth-order valence-electron chi connectivity index (χ4n) is 1.87. The van der Waals surface area contributed by atoms with Gasteiger partial charge in [0.15, 0.2) is 0 Å². The SMILES string of the molecule is Cc1ncc(CN2CCC(C)(O)C2)s1. The Balaban J connectivity index is 1.94. The van der Waals surface area contributed by atoms with Gasteiger partial charge in [-0.2, -0.15) is 0 Å². The van der Waals surface area contributed by atoms with Crippen LogP contribution < -0.4 is 0 Å². The Labute approximate surface area is 88.4 Å². The quantitative estimate of drug-likeness (QED) is 0.805. The molecule has 0 amide bonds. The van der Waals surface area contributed by atoms with Crippen molar-refractivity contribution in [3.8, 4) is 0 Å². The van der Waals surface area contributed by atoms with Crippen molar-refractivity contribution in [2.45, 2.75) is 32.4 Å².